The first-order chi connectivity index (χ1) is 17.5. The summed E-state index contributed by atoms with van der Waals surface area (Å²) in [5.41, 5.74) is 2.93. The fourth-order valence-corrected chi connectivity index (χ4v) is 5.12. The molecular weight excluding hydrogens is 496 g/mol. The van der Waals surface area contributed by atoms with Gasteiger partial charge < -0.3 is 14.8 Å². The third-order valence-electron chi connectivity index (χ3n) is 5.80. The first-order valence-corrected chi connectivity index (χ1v) is 12.7. The molecular formula is C27H28N2O7S. The van der Waals surface area contributed by atoms with Gasteiger partial charge in [-0.3, -0.25) is 9.10 Å². The van der Waals surface area contributed by atoms with Crippen LogP contribution in [0.2, 0.25) is 0 Å². The van der Waals surface area contributed by atoms with Gasteiger partial charge in [-0.2, -0.15) is 0 Å². The van der Waals surface area contributed by atoms with E-state index in [1.807, 2.05) is 19.9 Å². The van der Waals surface area contributed by atoms with Crippen molar-refractivity contribution in [3.63, 3.8) is 0 Å². The van der Waals surface area contributed by atoms with Crippen LogP contribution in [0.4, 0.5) is 11.4 Å². The molecule has 0 atom stereocenters. The van der Waals surface area contributed by atoms with Crippen molar-refractivity contribution in [2.75, 3.05) is 30.4 Å². The van der Waals surface area contributed by atoms with Gasteiger partial charge in [-0.15, -0.1) is 0 Å². The number of hydrogen-bond donors (Lipinski definition) is 1. The quantitative estimate of drug-likeness (QED) is 0.442. The van der Waals surface area contributed by atoms with Crippen molar-refractivity contribution >= 4 is 39.2 Å². The minimum atomic E-state index is -4.12. The highest BCUT2D eigenvalue weighted by Crippen LogP contribution is 2.29. The fraction of sp³-hybridized carbons (Fsp3) is 0.222. The molecule has 1 amide bonds. The standard InChI is InChI=1S/C27H28N2O7S/c1-17-9-11-23(12-10-17)37(33,34)29(24-8-6-7-18(2)19(24)3)16-25(30)28-22-14-20(26(31)35-4)13-21(15-22)27(32)36-5/h6-15H,16H2,1-5H3,(H,28,30). The Hall–Kier alpha value is -4.18. The van der Waals surface area contributed by atoms with E-state index < -0.39 is 34.4 Å². The van der Waals surface area contributed by atoms with Crippen LogP contribution in [0, 0.1) is 20.8 Å². The van der Waals surface area contributed by atoms with Gasteiger partial charge in [0.25, 0.3) is 10.0 Å². The summed E-state index contributed by atoms with van der Waals surface area (Å²) in [7, 11) is -1.76. The van der Waals surface area contributed by atoms with Crippen molar-refractivity contribution in [1.29, 1.82) is 0 Å². The van der Waals surface area contributed by atoms with Gasteiger partial charge in [0.1, 0.15) is 6.54 Å². The fourth-order valence-electron chi connectivity index (χ4n) is 3.65. The van der Waals surface area contributed by atoms with Gasteiger partial charge in [-0.25, -0.2) is 18.0 Å². The van der Waals surface area contributed by atoms with Crippen molar-refractivity contribution in [3.05, 3.63) is 88.5 Å². The van der Waals surface area contributed by atoms with Crippen LogP contribution in [0.25, 0.3) is 0 Å². The predicted octanol–water partition coefficient (Wildman–Crippen LogP) is 4.02. The Labute approximate surface area is 216 Å². The van der Waals surface area contributed by atoms with Gasteiger partial charge in [0, 0.05) is 5.69 Å². The van der Waals surface area contributed by atoms with Crippen molar-refractivity contribution in [1.82, 2.24) is 0 Å². The van der Waals surface area contributed by atoms with Gasteiger partial charge in [0.2, 0.25) is 5.91 Å². The van der Waals surface area contributed by atoms with Crippen LogP contribution in [0.5, 0.6) is 0 Å². The molecule has 3 aromatic carbocycles. The van der Waals surface area contributed by atoms with E-state index in [1.165, 1.54) is 44.6 Å². The lowest BCUT2D eigenvalue weighted by atomic mass is 10.1. The number of methoxy groups -OCH3 is 2. The van der Waals surface area contributed by atoms with Crippen LogP contribution in [-0.2, 0) is 24.3 Å². The topological polar surface area (TPSA) is 119 Å². The molecule has 0 aliphatic rings. The maximum Gasteiger partial charge on any atom is 0.337 e. The lowest BCUT2D eigenvalue weighted by molar-refractivity contribution is -0.114. The second-order valence-corrected chi connectivity index (χ2v) is 10.2. The first-order valence-electron chi connectivity index (χ1n) is 11.2. The number of benzene rings is 3. The Morgan fingerprint density at radius 3 is 1.95 bits per heavy atom. The van der Waals surface area contributed by atoms with E-state index in [4.69, 9.17) is 9.47 Å². The van der Waals surface area contributed by atoms with Crippen molar-refractivity contribution in [2.45, 2.75) is 25.7 Å². The molecule has 0 spiro atoms. The first kappa shape index (κ1) is 27.4. The van der Waals surface area contributed by atoms with Crippen molar-refractivity contribution < 1.29 is 32.3 Å². The Balaban J connectivity index is 2.02. The Bertz CT molecular complexity index is 1410. The van der Waals surface area contributed by atoms with E-state index in [9.17, 15) is 22.8 Å². The molecule has 0 radical (unpaired) electrons. The van der Waals surface area contributed by atoms with E-state index in [1.54, 1.807) is 31.2 Å². The number of rotatable bonds is 8. The van der Waals surface area contributed by atoms with Gasteiger partial charge in [0.15, 0.2) is 0 Å². The average Bonchev–Trinajstić information content (AvgIpc) is 2.88. The van der Waals surface area contributed by atoms with Crippen LogP contribution in [0.1, 0.15) is 37.4 Å². The predicted molar refractivity (Wildman–Crippen MR) is 139 cm³/mol. The number of hydrogen-bond acceptors (Lipinski definition) is 7. The molecule has 37 heavy (non-hydrogen) atoms. The minimum absolute atomic E-state index is 0.0133. The molecule has 0 saturated carbocycles. The summed E-state index contributed by atoms with van der Waals surface area (Å²) in [6.45, 7) is 4.92. The van der Waals surface area contributed by atoms with Crippen LogP contribution >= 0.6 is 0 Å². The highest BCUT2D eigenvalue weighted by Gasteiger charge is 2.29. The number of carbonyl (C=O) groups excluding carboxylic acids is 3. The molecule has 194 valence electrons. The molecule has 3 aromatic rings. The van der Waals surface area contributed by atoms with Crippen LogP contribution in [0.3, 0.4) is 0 Å². The number of carbonyl (C=O) groups is 3. The Morgan fingerprint density at radius 2 is 1.41 bits per heavy atom. The maximum absolute atomic E-state index is 13.7. The number of anilines is 2. The summed E-state index contributed by atoms with van der Waals surface area (Å²) in [5.74, 6) is -2.13. The highest BCUT2D eigenvalue weighted by molar-refractivity contribution is 7.92. The summed E-state index contributed by atoms with van der Waals surface area (Å²) in [5, 5.41) is 2.59. The average molecular weight is 525 g/mol. The molecule has 0 heterocycles. The van der Waals surface area contributed by atoms with Gasteiger partial charge >= 0.3 is 11.9 Å². The molecule has 0 aliphatic carbocycles. The number of nitrogens with one attached hydrogen (secondary N) is 1. The summed E-state index contributed by atoms with van der Waals surface area (Å²) in [4.78, 5) is 37.4. The molecule has 10 heteroatoms. The molecule has 0 aliphatic heterocycles. The number of esters is 2. The maximum atomic E-state index is 13.7. The third-order valence-corrected chi connectivity index (χ3v) is 7.57. The molecule has 0 bridgehead atoms. The molecule has 0 unspecified atom stereocenters. The SMILES string of the molecule is COC(=O)c1cc(NC(=O)CN(c2cccc(C)c2C)S(=O)(=O)c2ccc(C)cc2)cc(C(=O)OC)c1. The zero-order chi connectivity index (χ0) is 27.3. The summed E-state index contributed by atoms with van der Waals surface area (Å²) < 4.78 is 37.9. The van der Waals surface area contributed by atoms with Crippen LogP contribution in [-0.4, -0.2) is 47.0 Å². The lowest BCUT2D eigenvalue weighted by Gasteiger charge is -2.26. The Morgan fingerprint density at radius 1 is 0.838 bits per heavy atom. The molecule has 9 nitrogen and oxygen atoms in total. The molecule has 0 aromatic heterocycles. The summed E-state index contributed by atoms with van der Waals surface area (Å²) in [6.07, 6.45) is 0. The van der Waals surface area contributed by atoms with Crippen LogP contribution in [0.15, 0.2) is 65.6 Å². The zero-order valence-corrected chi connectivity index (χ0v) is 22.0. The summed E-state index contributed by atoms with van der Waals surface area (Å²) in [6, 6.07) is 15.5. The second-order valence-electron chi connectivity index (χ2n) is 8.37. The molecule has 0 saturated heterocycles. The highest BCUT2D eigenvalue weighted by atomic mass is 32.2. The number of sulfonamides is 1. The summed E-state index contributed by atoms with van der Waals surface area (Å²) >= 11 is 0. The smallest absolute Gasteiger partial charge is 0.337 e. The van der Waals surface area contributed by atoms with E-state index in [0.717, 1.165) is 15.4 Å². The number of ether oxygens (including phenoxy) is 2. The Kier molecular flexibility index (Phi) is 8.34. The number of nitrogens with zero attached hydrogens (tertiary/aromatic N) is 1. The zero-order valence-electron chi connectivity index (χ0n) is 21.2. The minimum Gasteiger partial charge on any atom is -0.465 e. The number of amides is 1. The normalized spacial score (nSPS) is 10.9. The van der Waals surface area contributed by atoms with E-state index in [0.29, 0.717) is 11.3 Å². The van der Waals surface area contributed by atoms with Gasteiger partial charge in [-0.05, 0) is 68.3 Å². The third kappa shape index (κ3) is 6.15. The molecule has 1 N–H and O–H groups in total. The molecule has 3 rings (SSSR count). The monoisotopic (exact) mass is 524 g/mol. The van der Waals surface area contributed by atoms with Gasteiger partial charge in [-0.1, -0.05) is 29.8 Å². The van der Waals surface area contributed by atoms with Crippen LogP contribution < -0.4 is 9.62 Å². The lowest BCUT2D eigenvalue weighted by Crippen LogP contribution is -2.38. The largest absolute Gasteiger partial charge is 0.465 e. The second kappa shape index (κ2) is 11.3. The van der Waals surface area contributed by atoms with E-state index in [-0.39, 0.29) is 21.7 Å². The van der Waals surface area contributed by atoms with Crippen molar-refractivity contribution in [2.24, 2.45) is 0 Å². The number of aryl methyl sites for hydroxylation is 2. The van der Waals surface area contributed by atoms with E-state index >= 15 is 0 Å². The van der Waals surface area contributed by atoms with E-state index in [2.05, 4.69) is 5.32 Å². The van der Waals surface area contributed by atoms with Crippen molar-refractivity contribution in [3.8, 4) is 0 Å². The van der Waals surface area contributed by atoms with Gasteiger partial charge in [0.05, 0.1) is 35.9 Å². The molecule has 0 fully saturated rings.